The molecule has 0 radical (unpaired) electrons. The van der Waals surface area contributed by atoms with Gasteiger partial charge in [0.15, 0.2) is 9.84 Å². The number of halogens is 2. The minimum absolute atomic E-state index is 0.0241. The highest BCUT2D eigenvalue weighted by Gasteiger charge is 2.32. The van der Waals surface area contributed by atoms with Crippen LogP contribution in [0, 0.1) is 5.82 Å². The zero-order chi connectivity index (χ0) is 15.8. The summed E-state index contributed by atoms with van der Waals surface area (Å²) in [7, 11) is -7.22. The van der Waals surface area contributed by atoms with E-state index in [0.29, 0.717) is 12.8 Å². The third-order valence-corrected chi connectivity index (χ3v) is 7.96. The summed E-state index contributed by atoms with van der Waals surface area (Å²) >= 11 is 2.96. The summed E-state index contributed by atoms with van der Waals surface area (Å²) in [6.45, 7) is -0.200. The average Bonchev–Trinajstić information content (AvgIpc) is 2.70. The number of sulfone groups is 1. The molecule has 2 rings (SSSR count). The fourth-order valence-electron chi connectivity index (χ4n) is 2.12. The van der Waals surface area contributed by atoms with Gasteiger partial charge in [0, 0.05) is 11.0 Å². The molecule has 118 valence electrons. The van der Waals surface area contributed by atoms with Crippen molar-refractivity contribution in [2.75, 3.05) is 18.0 Å². The molecule has 1 aliphatic heterocycles. The first-order valence-electron chi connectivity index (χ1n) is 6.09. The molecular weight excluding hydrogens is 387 g/mol. The van der Waals surface area contributed by atoms with Crippen LogP contribution in [0.15, 0.2) is 21.5 Å². The molecule has 10 heteroatoms. The lowest BCUT2D eigenvalue weighted by Crippen LogP contribution is -2.34. The molecule has 6 nitrogen and oxygen atoms in total. The van der Waals surface area contributed by atoms with Gasteiger partial charge in [0.1, 0.15) is 5.82 Å². The fraction of sp³-hybridized carbons (Fsp3) is 0.455. The van der Waals surface area contributed by atoms with E-state index in [1.54, 1.807) is 0 Å². The lowest BCUT2D eigenvalue weighted by Gasteiger charge is -2.13. The Labute approximate surface area is 131 Å². The van der Waals surface area contributed by atoms with Crippen molar-refractivity contribution in [2.24, 2.45) is 0 Å². The van der Waals surface area contributed by atoms with E-state index >= 15 is 0 Å². The summed E-state index contributed by atoms with van der Waals surface area (Å²) in [6, 6.07) is 1.95. The highest BCUT2D eigenvalue weighted by atomic mass is 79.9. The summed E-state index contributed by atoms with van der Waals surface area (Å²) in [4.78, 5) is -0.225. The maximum absolute atomic E-state index is 13.2. The van der Waals surface area contributed by atoms with Crippen molar-refractivity contribution in [3.05, 3.63) is 22.4 Å². The Kier molecular flexibility index (Phi) is 4.62. The van der Waals surface area contributed by atoms with Crippen LogP contribution in [0.4, 0.5) is 10.1 Å². The standard InChI is InChI=1S/C11H14BrFN2O4S2/c12-8-4-9(13)10(14)5-11(8)21(18,19)15-6-7-2-1-3-20(7,16)17/h4-5,7,15H,1-3,6,14H2. The Balaban J connectivity index is 2.22. The molecule has 1 saturated heterocycles. The Morgan fingerprint density at radius 2 is 2.10 bits per heavy atom. The predicted molar refractivity (Wildman–Crippen MR) is 80.5 cm³/mol. The second kappa shape index (κ2) is 5.82. The monoisotopic (exact) mass is 400 g/mol. The Morgan fingerprint density at radius 1 is 1.43 bits per heavy atom. The number of nitrogens with one attached hydrogen (secondary N) is 1. The van der Waals surface area contributed by atoms with Gasteiger partial charge in [-0.25, -0.2) is 25.9 Å². The molecule has 0 aromatic heterocycles. The van der Waals surface area contributed by atoms with E-state index in [-0.39, 0.29) is 27.4 Å². The first-order chi connectivity index (χ1) is 9.63. The smallest absolute Gasteiger partial charge is 0.241 e. The van der Waals surface area contributed by atoms with Crippen LogP contribution in [0.2, 0.25) is 0 Å². The van der Waals surface area contributed by atoms with Crippen molar-refractivity contribution >= 4 is 41.5 Å². The largest absolute Gasteiger partial charge is 0.396 e. The molecule has 1 atom stereocenters. The molecular formula is C11H14BrFN2O4S2. The van der Waals surface area contributed by atoms with E-state index in [1.807, 2.05) is 0 Å². The molecule has 21 heavy (non-hydrogen) atoms. The van der Waals surface area contributed by atoms with Crippen molar-refractivity contribution < 1.29 is 21.2 Å². The van der Waals surface area contributed by atoms with Crippen LogP contribution in [0.1, 0.15) is 12.8 Å². The number of sulfonamides is 1. The van der Waals surface area contributed by atoms with E-state index in [9.17, 15) is 21.2 Å². The highest BCUT2D eigenvalue weighted by molar-refractivity contribution is 9.10. The number of anilines is 1. The summed E-state index contributed by atoms with van der Waals surface area (Å²) in [5.74, 6) is -0.661. The van der Waals surface area contributed by atoms with Gasteiger partial charge in [-0.3, -0.25) is 0 Å². The van der Waals surface area contributed by atoms with Crippen LogP contribution < -0.4 is 10.5 Å². The summed E-state index contributed by atoms with van der Waals surface area (Å²) < 4.78 is 63.2. The molecule has 1 unspecified atom stereocenters. The first-order valence-corrected chi connectivity index (χ1v) is 10.1. The summed E-state index contributed by atoms with van der Waals surface area (Å²) in [5.41, 5.74) is 5.06. The van der Waals surface area contributed by atoms with Gasteiger partial charge >= 0.3 is 0 Å². The van der Waals surface area contributed by atoms with Gasteiger partial charge in [0.2, 0.25) is 10.0 Å². The molecule has 1 aromatic carbocycles. The molecule has 0 aliphatic carbocycles. The number of benzene rings is 1. The summed E-state index contributed by atoms with van der Waals surface area (Å²) in [6.07, 6.45) is 0.958. The average molecular weight is 401 g/mol. The van der Waals surface area contributed by atoms with E-state index < -0.39 is 30.9 Å². The first kappa shape index (κ1) is 16.7. The van der Waals surface area contributed by atoms with Gasteiger partial charge in [-0.1, -0.05) is 0 Å². The Morgan fingerprint density at radius 3 is 2.67 bits per heavy atom. The van der Waals surface area contributed by atoms with Crippen molar-refractivity contribution in [3.8, 4) is 0 Å². The normalized spacial score (nSPS) is 21.5. The molecule has 1 aliphatic rings. The minimum Gasteiger partial charge on any atom is -0.396 e. The molecule has 0 saturated carbocycles. The number of hydrogen-bond acceptors (Lipinski definition) is 5. The quantitative estimate of drug-likeness (QED) is 0.733. The SMILES string of the molecule is Nc1cc(S(=O)(=O)NCC2CCCS2(=O)=O)c(Br)cc1F. The topological polar surface area (TPSA) is 106 Å². The number of nitrogen functional groups attached to an aromatic ring is 1. The molecule has 1 heterocycles. The molecule has 1 fully saturated rings. The van der Waals surface area contributed by atoms with E-state index in [1.165, 1.54) is 0 Å². The third kappa shape index (κ3) is 3.55. The third-order valence-electron chi connectivity index (χ3n) is 3.30. The fourth-order valence-corrected chi connectivity index (χ4v) is 6.12. The highest BCUT2D eigenvalue weighted by Crippen LogP contribution is 2.27. The van der Waals surface area contributed by atoms with Gasteiger partial charge < -0.3 is 5.73 Å². The molecule has 3 N–H and O–H groups in total. The van der Waals surface area contributed by atoms with Crippen molar-refractivity contribution in [1.29, 1.82) is 0 Å². The lowest BCUT2D eigenvalue weighted by atomic mass is 10.2. The second-order valence-corrected chi connectivity index (χ2v) is 9.78. The van der Waals surface area contributed by atoms with Gasteiger partial charge in [-0.2, -0.15) is 0 Å². The van der Waals surface area contributed by atoms with Crippen LogP contribution in [0.5, 0.6) is 0 Å². The molecule has 1 aromatic rings. The van der Waals surface area contributed by atoms with Crippen LogP contribution in [0.3, 0.4) is 0 Å². The maximum atomic E-state index is 13.2. The number of rotatable bonds is 4. The van der Waals surface area contributed by atoms with Gasteiger partial charge in [-0.05, 0) is 40.9 Å². The van der Waals surface area contributed by atoms with Crippen molar-refractivity contribution in [1.82, 2.24) is 4.72 Å². The number of nitrogens with two attached hydrogens (primary N) is 1. The zero-order valence-electron chi connectivity index (χ0n) is 10.8. The van der Waals surface area contributed by atoms with Crippen molar-refractivity contribution in [2.45, 2.75) is 23.0 Å². The van der Waals surface area contributed by atoms with Crippen LogP contribution in [-0.2, 0) is 19.9 Å². The van der Waals surface area contributed by atoms with Gasteiger partial charge in [0.25, 0.3) is 0 Å². The minimum atomic E-state index is -3.98. The predicted octanol–water partition coefficient (Wildman–Crippen LogP) is 1.03. The van der Waals surface area contributed by atoms with Crippen LogP contribution >= 0.6 is 15.9 Å². The molecule has 0 amide bonds. The van der Waals surface area contributed by atoms with E-state index in [4.69, 9.17) is 5.73 Å². The van der Waals surface area contributed by atoms with Gasteiger partial charge in [0.05, 0.1) is 21.6 Å². The molecule has 0 bridgehead atoms. The van der Waals surface area contributed by atoms with E-state index in [2.05, 4.69) is 20.7 Å². The molecule has 0 spiro atoms. The maximum Gasteiger partial charge on any atom is 0.241 e. The van der Waals surface area contributed by atoms with E-state index in [0.717, 1.165) is 12.1 Å². The Hall–Kier alpha value is -0.710. The van der Waals surface area contributed by atoms with Crippen molar-refractivity contribution in [3.63, 3.8) is 0 Å². The van der Waals surface area contributed by atoms with Crippen LogP contribution in [0.25, 0.3) is 0 Å². The Bertz CT molecular complexity index is 765. The number of hydrogen-bond donors (Lipinski definition) is 2. The van der Waals surface area contributed by atoms with Crippen LogP contribution in [-0.4, -0.2) is 34.4 Å². The zero-order valence-corrected chi connectivity index (χ0v) is 14.1. The second-order valence-electron chi connectivity index (χ2n) is 4.79. The summed E-state index contributed by atoms with van der Waals surface area (Å²) in [5, 5.41) is -0.719. The lowest BCUT2D eigenvalue weighted by molar-refractivity contribution is 0.570. The van der Waals surface area contributed by atoms with Gasteiger partial charge in [-0.15, -0.1) is 0 Å².